The van der Waals surface area contributed by atoms with Crippen molar-refractivity contribution in [2.24, 2.45) is 5.92 Å². The van der Waals surface area contributed by atoms with E-state index in [1.165, 1.54) is 12.1 Å². The van der Waals surface area contributed by atoms with Crippen molar-refractivity contribution in [3.8, 4) is 12.3 Å². The Balaban J connectivity index is 1.07. The highest BCUT2D eigenvalue weighted by Crippen LogP contribution is 2.35. The zero-order valence-electron chi connectivity index (χ0n) is 29.3. The number of likely N-dealkylation sites (tertiary alicyclic amines) is 1. The molecule has 2 aromatic heterocycles. The van der Waals surface area contributed by atoms with Gasteiger partial charge in [0.15, 0.2) is 5.65 Å². The van der Waals surface area contributed by atoms with Crippen LogP contribution < -0.4 is 14.9 Å². The lowest BCUT2D eigenvalue weighted by Crippen LogP contribution is -2.51. The van der Waals surface area contributed by atoms with Gasteiger partial charge in [-0.05, 0) is 44.4 Å². The largest absolute Gasteiger partial charge is 0.378 e. The number of benzene rings is 1. The van der Waals surface area contributed by atoms with Crippen LogP contribution in [0.1, 0.15) is 46.9 Å². The average Bonchev–Trinajstić information content (AvgIpc) is 3.49. The number of sulfonamides is 1. The molecule has 4 heterocycles. The predicted molar refractivity (Wildman–Crippen MR) is 196 cm³/mol. The molecule has 0 radical (unpaired) electrons. The molecule has 1 amide bonds. The fourth-order valence-corrected chi connectivity index (χ4v) is 6.98. The summed E-state index contributed by atoms with van der Waals surface area (Å²) in [6.07, 6.45) is 10.7. The molecule has 2 saturated heterocycles. The minimum atomic E-state index is -3.60. The van der Waals surface area contributed by atoms with Gasteiger partial charge in [-0.25, -0.2) is 17.9 Å². The number of terminal acetylenes is 1. The minimum absolute atomic E-state index is 0.198. The van der Waals surface area contributed by atoms with Gasteiger partial charge in [0.05, 0.1) is 75.5 Å². The first kappa shape index (κ1) is 38.7. The summed E-state index contributed by atoms with van der Waals surface area (Å²) in [6, 6.07) is 6.24. The molecule has 14 nitrogen and oxygen atoms in total. The molecule has 2 fully saturated rings. The van der Waals surface area contributed by atoms with Crippen LogP contribution in [0, 0.1) is 25.2 Å². The van der Waals surface area contributed by atoms with E-state index in [2.05, 4.69) is 20.9 Å². The molecule has 0 spiro atoms. The van der Waals surface area contributed by atoms with E-state index in [0.717, 1.165) is 68.8 Å². The zero-order chi connectivity index (χ0) is 36.2. The third kappa shape index (κ3) is 11.2. The van der Waals surface area contributed by atoms with E-state index in [0.29, 0.717) is 76.0 Å². The van der Waals surface area contributed by atoms with Crippen molar-refractivity contribution in [2.75, 3.05) is 101 Å². The van der Waals surface area contributed by atoms with Crippen molar-refractivity contribution in [3.63, 3.8) is 0 Å². The first-order valence-corrected chi connectivity index (χ1v) is 19.5. The van der Waals surface area contributed by atoms with Crippen LogP contribution in [0.25, 0.3) is 5.65 Å². The Bertz CT molecular complexity index is 1760. The Morgan fingerprint density at radius 3 is 2.45 bits per heavy atom. The number of aromatic nitrogens is 3. The molecule has 0 unspecified atom stereocenters. The van der Waals surface area contributed by atoms with Crippen molar-refractivity contribution in [1.29, 1.82) is 0 Å². The van der Waals surface area contributed by atoms with Gasteiger partial charge in [-0.15, -0.1) is 6.42 Å². The molecule has 2 aliphatic heterocycles. The smallest absolute Gasteiger partial charge is 0.256 e. The molecular formula is C35H48ClN7O7S. The van der Waals surface area contributed by atoms with Crippen LogP contribution in [0.4, 0.5) is 11.5 Å². The number of carbonyl (C=O) groups excluding carboxylic acids is 1. The summed E-state index contributed by atoms with van der Waals surface area (Å²) in [4.78, 5) is 22.9. The lowest BCUT2D eigenvalue weighted by molar-refractivity contribution is 0.00165. The van der Waals surface area contributed by atoms with Crippen LogP contribution in [-0.4, -0.2) is 126 Å². The van der Waals surface area contributed by atoms with E-state index in [-0.39, 0.29) is 23.2 Å². The molecule has 0 bridgehead atoms. The molecular weight excluding hydrogens is 698 g/mol. The normalized spacial score (nSPS) is 16.7. The number of nitrogens with zero attached hydrogens (tertiary/aromatic N) is 5. The van der Waals surface area contributed by atoms with Gasteiger partial charge in [0, 0.05) is 61.5 Å². The quantitative estimate of drug-likeness (QED) is 0.130. The van der Waals surface area contributed by atoms with Crippen LogP contribution in [-0.2, 0) is 29.0 Å². The van der Waals surface area contributed by atoms with Crippen LogP contribution in [0.15, 0.2) is 30.5 Å². The maximum Gasteiger partial charge on any atom is 0.256 e. The van der Waals surface area contributed by atoms with Gasteiger partial charge in [-0.2, -0.15) is 5.10 Å². The SMILES string of the molecule is C#CCOCCOCCOCCOCCNCC1CN(c2nc3cc([C@@H]4CCCCN4C(=O)c4cc(Cl)ccc4NS(C)(=O)=O)nn3cc2C)C1. The molecule has 0 saturated carbocycles. The topological polar surface area (TPSA) is 149 Å². The van der Waals surface area contributed by atoms with Crippen LogP contribution in [0.5, 0.6) is 0 Å². The van der Waals surface area contributed by atoms with Crippen molar-refractivity contribution in [3.05, 3.63) is 52.3 Å². The summed E-state index contributed by atoms with van der Waals surface area (Å²) in [7, 11) is -3.60. The molecule has 2 aliphatic rings. The van der Waals surface area contributed by atoms with Gasteiger partial charge in [-0.1, -0.05) is 17.5 Å². The fraction of sp³-hybridized carbons (Fsp3) is 0.571. The molecule has 278 valence electrons. The first-order valence-electron chi connectivity index (χ1n) is 17.3. The monoisotopic (exact) mass is 745 g/mol. The third-order valence-corrected chi connectivity index (χ3v) is 9.48. The van der Waals surface area contributed by atoms with Crippen molar-refractivity contribution < 1.29 is 32.2 Å². The second-order valence-electron chi connectivity index (χ2n) is 12.8. The second-order valence-corrected chi connectivity index (χ2v) is 14.9. The molecule has 3 aromatic rings. The molecule has 1 aromatic carbocycles. The number of hydrogen-bond donors (Lipinski definition) is 2. The van der Waals surface area contributed by atoms with Gasteiger partial charge in [0.25, 0.3) is 5.91 Å². The highest BCUT2D eigenvalue weighted by atomic mass is 35.5. The number of nitrogens with one attached hydrogen (secondary N) is 2. The van der Waals surface area contributed by atoms with Crippen LogP contribution in [0.3, 0.4) is 0 Å². The van der Waals surface area contributed by atoms with Gasteiger partial charge in [-0.3, -0.25) is 9.52 Å². The predicted octanol–water partition coefficient (Wildman–Crippen LogP) is 3.16. The Morgan fingerprint density at radius 2 is 1.75 bits per heavy atom. The van der Waals surface area contributed by atoms with Gasteiger partial charge in [0.1, 0.15) is 12.4 Å². The van der Waals surface area contributed by atoms with E-state index in [4.69, 9.17) is 47.1 Å². The summed E-state index contributed by atoms with van der Waals surface area (Å²) in [5.74, 6) is 3.56. The highest BCUT2D eigenvalue weighted by molar-refractivity contribution is 7.92. The lowest BCUT2D eigenvalue weighted by Gasteiger charge is -2.41. The van der Waals surface area contributed by atoms with Crippen molar-refractivity contribution in [2.45, 2.75) is 32.2 Å². The summed E-state index contributed by atoms with van der Waals surface area (Å²) in [5, 5.41) is 8.67. The fourth-order valence-electron chi connectivity index (χ4n) is 6.23. The summed E-state index contributed by atoms with van der Waals surface area (Å²) in [5.41, 5.74) is 2.89. The summed E-state index contributed by atoms with van der Waals surface area (Å²) >= 11 is 6.24. The van der Waals surface area contributed by atoms with Crippen LogP contribution >= 0.6 is 11.6 Å². The summed E-state index contributed by atoms with van der Waals surface area (Å²) < 4.78 is 49.9. The molecule has 16 heteroatoms. The molecule has 51 heavy (non-hydrogen) atoms. The number of anilines is 2. The minimum Gasteiger partial charge on any atom is -0.378 e. The number of fused-ring (bicyclic) bond motifs is 1. The number of rotatable bonds is 20. The van der Waals surface area contributed by atoms with E-state index in [1.807, 2.05) is 19.2 Å². The standard InChI is InChI=1S/C35H48ClN7O7S/c1-4-12-47-14-16-49-18-19-50-17-15-48-13-10-37-22-27-24-41(25-27)34-26(2)23-43-33(38-34)21-31(39-43)32-7-5-6-11-42(32)35(44)29-20-28(36)8-9-30(29)40-51(3,45)46/h1,8-9,20-21,23,27,32,37,40H,5-7,10-19,22,24-25H2,2-3H3/t32-/m0/s1. The van der Waals surface area contributed by atoms with Gasteiger partial charge >= 0.3 is 0 Å². The maximum atomic E-state index is 13.9. The van der Waals surface area contributed by atoms with Gasteiger partial charge in [0.2, 0.25) is 10.0 Å². The van der Waals surface area contributed by atoms with E-state index in [1.54, 1.807) is 15.5 Å². The number of aryl methyl sites for hydroxylation is 1. The molecule has 1 atom stereocenters. The second kappa shape index (κ2) is 18.8. The number of ether oxygens (including phenoxy) is 4. The van der Waals surface area contributed by atoms with E-state index < -0.39 is 10.0 Å². The number of carbonyl (C=O) groups is 1. The number of amides is 1. The van der Waals surface area contributed by atoms with Crippen molar-refractivity contribution >= 4 is 44.7 Å². The number of halogens is 1. The molecule has 2 N–H and O–H groups in total. The molecule has 5 rings (SSSR count). The molecule has 0 aliphatic carbocycles. The van der Waals surface area contributed by atoms with Crippen LogP contribution in [0.2, 0.25) is 5.02 Å². The third-order valence-electron chi connectivity index (χ3n) is 8.65. The van der Waals surface area contributed by atoms with E-state index in [9.17, 15) is 13.2 Å². The number of piperidine rings is 1. The lowest BCUT2D eigenvalue weighted by atomic mass is 9.98. The average molecular weight is 746 g/mol. The Morgan fingerprint density at radius 1 is 1.04 bits per heavy atom. The Kier molecular flexibility index (Phi) is 14.3. The first-order chi connectivity index (χ1) is 24.6. The zero-order valence-corrected chi connectivity index (χ0v) is 30.9. The van der Waals surface area contributed by atoms with Gasteiger partial charge < -0.3 is 34.1 Å². The summed E-state index contributed by atoms with van der Waals surface area (Å²) in [6.45, 7) is 10.0. The Hall–Kier alpha value is -3.49. The highest BCUT2D eigenvalue weighted by Gasteiger charge is 2.33. The maximum absolute atomic E-state index is 13.9. The van der Waals surface area contributed by atoms with E-state index >= 15 is 0 Å². The Labute approximate surface area is 305 Å². The number of hydrogen-bond acceptors (Lipinski definition) is 11. The van der Waals surface area contributed by atoms with Crippen molar-refractivity contribution in [1.82, 2.24) is 24.8 Å².